The third kappa shape index (κ3) is 3.70. The third-order valence-corrected chi connectivity index (χ3v) is 4.96. The van der Waals surface area contributed by atoms with Crippen LogP contribution in [0.3, 0.4) is 0 Å². The molecule has 0 spiro atoms. The van der Waals surface area contributed by atoms with Crippen molar-refractivity contribution < 1.29 is 13.6 Å². The summed E-state index contributed by atoms with van der Waals surface area (Å²) in [6.07, 6.45) is 3.99. The topological polar surface area (TPSA) is 63.1 Å². The quantitative estimate of drug-likeness (QED) is 0.690. The highest BCUT2D eigenvalue weighted by atomic mass is 19.1. The van der Waals surface area contributed by atoms with E-state index in [0.717, 1.165) is 18.3 Å². The number of amides is 1. The second-order valence-electron chi connectivity index (χ2n) is 6.91. The van der Waals surface area contributed by atoms with E-state index in [2.05, 4.69) is 15.4 Å². The fourth-order valence-electron chi connectivity index (χ4n) is 3.46. The van der Waals surface area contributed by atoms with E-state index in [1.807, 2.05) is 6.92 Å². The lowest BCUT2D eigenvalue weighted by atomic mass is 10.1. The average Bonchev–Trinajstić information content (AvgIpc) is 3.13. The molecule has 6 nitrogen and oxygen atoms in total. The minimum atomic E-state index is -0.553. The number of aromatic nitrogens is 3. The van der Waals surface area contributed by atoms with Gasteiger partial charge in [-0.3, -0.25) is 9.48 Å². The molecule has 1 aromatic carbocycles. The lowest BCUT2D eigenvalue weighted by molar-refractivity contribution is 0.0979. The Kier molecular flexibility index (Phi) is 5.24. The van der Waals surface area contributed by atoms with Gasteiger partial charge in [-0.25, -0.2) is 13.8 Å². The van der Waals surface area contributed by atoms with Crippen LogP contribution < -0.4 is 10.2 Å². The van der Waals surface area contributed by atoms with Crippen molar-refractivity contribution in [2.24, 2.45) is 0 Å². The molecule has 0 unspecified atom stereocenters. The first-order valence-electron chi connectivity index (χ1n) is 9.58. The monoisotopic (exact) mass is 397 g/mol. The largest absolute Gasteiger partial charge is 0.370 e. The standard InChI is InChI=1S/C21H21F2N5O/c1-2-8-24-20-10-19(17(23)12-25-20)27-9-7-18-15(21(27)29)11-26-28(18)13-14-5-3-4-6-16(14)22/h3-6,10-12H,2,7-9,13H2,1H3,(H,24,25). The van der Waals surface area contributed by atoms with Gasteiger partial charge in [0.2, 0.25) is 0 Å². The summed E-state index contributed by atoms with van der Waals surface area (Å²) in [6, 6.07) is 8.03. The summed E-state index contributed by atoms with van der Waals surface area (Å²) >= 11 is 0. The van der Waals surface area contributed by atoms with E-state index in [1.165, 1.54) is 17.2 Å². The van der Waals surface area contributed by atoms with E-state index in [1.54, 1.807) is 28.9 Å². The van der Waals surface area contributed by atoms with Crippen molar-refractivity contribution in [2.75, 3.05) is 23.3 Å². The first-order valence-corrected chi connectivity index (χ1v) is 9.58. The maximum atomic E-state index is 14.4. The third-order valence-electron chi connectivity index (χ3n) is 4.96. The fraction of sp³-hybridized carbons (Fsp3) is 0.286. The molecule has 1 aliphatic rings. The Labute approximate surface area is 167 Å². The Balaban J connectivity index is 1.60. The van der Waals surface area contributed by atoms with Gasteiger partial charge in [-0.2, -0.15) is 5.10 Å². The molecule has 2 aromatic heterocycles. The van der Waals surface area contributed by atoms with Crippen LogP contribution in [0, 0.1) is 11.6 Å². The predicted octanol–water partition coefficient (Wildman–Crippen LogP) is 3.63. The first kappa shape index (κ1) is 19.0. The van der Waals surface area contributed by atoms with Gasteiger partial charge in [0.05, 0.1) is 35.9 Å². The Morgan fingerprint density at radius 2 is 2.00 bits per heavy atom. The highest BCUT2D eigenvalue weighted by Crippen LogP contribution is 2.28. The van der Waals surface area contributed by atoms with Crippen LogP contribution in [-0.2, 0) is 13.0 Å². The highest BCUT2D eigenvalue weighted by molar-refractivity contribution is 6.08. The lowest BCUT2D eigenvalue weighted by Crippen LogP contribution is -2.38. The Bertz CT molecular complexity index is 1050. The van der Waals surface area contributed by atoms with Crippen molar-refractivity contribution in [1.82, 2.24) is 14.8 Å². The number of nitrogens with one attached hydrogen (secondary N) is 1. The minimum Gasteiger partial charge on any atom is -0.370 e. The van der Waals surface area contributed by atoms with Gasteiger partial charge in [-0.15, -0.1) is 0 Å². The van der Waals surface area contributed by atoms with Crippen LogP contribution in [0.2, 0.25) is 0 Å². The number of rotatable bonds is 6. The maximum Gasteiger partial charge on any atom is 0.261 e. The van der Waals surface area contributed by atoms with E-state index < -0.39 is 5.82 Å². The zero-order valence-corrected chi connectivity index (χ0v) is 16.0. The van der Waals surface area contributed by atoms with Crippen molar-refractivity contribution in [3.8, 4) is 0 Å². The highest BCUT2D eigenvalue weighted by Gasteiger charge is 2.30. The SMILES string of the molecule is CCCNc1cc(N2CCc3c(cnn3Cc3ccccc3F)C2=O)c(F)cn1. The van der Waals surface area contributed by atoms with Crippen LogP contribution in [-0.4, -0.2) is 33.8 Å². The number of hydrogen-bond donors (Lipinski definition) is 1. The molecule has 8 heteroatoms. The molecule has 29 heavy (non-hydrogen) atoms. The zero-order valence-electron chi connectivity index (χ0n) is 16.0. The lowest BCUT2D eigenvalue weighted by Gasteiger charge is -2.28. The number of benzene rings is 1. The molecule has 1 amide bonds. The number of carbonyl (C=O) groups is 1. The van der Waals surface area contributed by atoms with Gasteiger partial charge in [0.1, 0.15) is 11.6 Å². The van der Waals surface area contributed by atoms with E-state index in [9.17, 15) is 13.6 Å². The van der Waals surface area contributed by atoms with E-state index >= 15 is 0 Å². The Morgan fingerprint density at radius 1 is 1.17 bits per heavy atom. The molecule has 0 saturated heterocycles. The molecule has 0 aliphatic carbocycles. The molecule has 0 bridgehead atoms. The summed E-state index contributed by atoms with van der Waals surface area (Å²) in [7, 11) is 0. The smallest absolute Gasteiger partial charge is 0.261 e. The van der Waals surface area contributed by atoms with Crippen LogP contribution in [0.1, 0.15) is 35.0 Å². The molecule has 4 rings (SSSR count). The second-order valence-corrected chi connectivity index (χ2v) is 6.91. The molecule has 1 aliphatic heterocycles. The summed E-state index contributed by atoms with van der Waals surface area (Å²) in [5.74, 6) is -0.663. The number of carbonyl (C=O) groups excluding carboxylic acids is 1. The van der Waals surface area contributed by atoms with Crippen molar-refractivity contribution in [1.29, 1.82) is 0 Å². The van der Waals surface area contributed by atoms with Crippen molar-refractivity contribution in [3.05, 3.63) is 71.2 Å². The molecule has 0 atom stereocenters. The van der Waals surface area contributed by atoms with Gasteiger partial charge in [0.25, 0.3) is 5.91 Å². The molecule has 1 N–H and O–H groups in total. The minimum absolute atomic E-state index is 0.191. The summed E-state index contributed by atoms with van der Waals surface area (Å²) in [4.78, 5) is 18.5. The van der Waals surface area contributed by atoms with Gasteiger partial charge >= 0.3 is 0 Å². The molecule has 3 aromatic rings. The van der Waals surface area contributed by atoms with Crippen LogP contribution in [0.4, 0.5) is 20.3 Å². The second kappa shape index (κ2) is 7.98. The molecule has 150 valence electrons. The van der Waals surface area contributed by atoms with Gasteiger partial charge in [-0.05, 0) is 12.5 Å². The summed E-state index contributed by atoms with van der Waals surface area (Å²) in [5, 5.41) is 7.38. The first-order chi connectivity index (χ1) is 14.1. The number of halogens is 2. The predicted molar refractivity (Wildman–Crippen MR) is 106 cm³/mol. The summed E-state index contributed by atoms with van der Waals surface area (Å²) in [5.41, 5.74) is 1.83. The van der Waals surface area contributed by atoms with Crippen LogP contribution in [0.5, 0.6) is 0 Å². The maximum absolute atomic E-state index is 14.4. The summed E-state index contributed by atoms with van der Waals surface area (Å²) in [6.45, 7) is 3.28. The van der Waals surface area contributed by atoms with E-state index in [4.69, 9.17) is 0 Å². The number of hydrogen-bond acceptors (Lipinski definition) is 4. The fourth-order valence-corrected chi connectivity index (χ4v) is 3.46. The van der Waals surface area contributed by atoms with Gasteiger partial charge in [-0.1, -0.05) is 25.1 Å². The number of fused-ring (bicyclic) bond motifs is 1. The molecule has 0 saturated carbocycles. The van der Waals surface area contributed by atoms with Gasteiger partial charge in [0, 0.05) is 31.1 Å². The van der Waals surface area contributed by atoms with Crippen molar-refractivity contribution >= 4 is 17.4 Å². The average molecular weight is 397 g/mol. The van der Waals surface area contributed by atoms with Crippen molar-refractivity contribution in [3.63, 3.8) is 0 Å². The number of pyridine rings is 1. The number of anilines is 2. The Hall–Kier alpha value is -3.29. The van der Waals surface area contributed by atoms with Crippen LogP contribution >= 0.6 is 0 Å². The molecular formula is C21H21F2N5O. The van der Waals surface area contributed by atoms with Gasteiger partial charge in [0.15, 0.2) is 5.82 Å². The van der Waals surface area contributed by atoms with Gasteiger partial charge < -0.3 is 10.2 Å². The molecule has 3 heterocycles. The normalized spacial score (nSPS) is 13.5. The van der Waals surface area contributed by atoms with Crippen LogP contribution in [0.15, 0.2) is 42.7 Å². The van der Waals surface area contributed by atoms with E-state index in [0.29, 0.717) is 36.5 Å². The molecular weight excluding hydrogens is 376 g/mol. The van der Waals surface area contributed by atoms with Crippen LogP contribution in [0.25, 0.3) is 0 Å². The summed E-state index contributed by atoms with van der Waals surface area (Å²) < 4.78 is 30.0. The Morgan fingerprint density at radius 3 is 2.79 bits per heavy atom. The van der Waals surface area contributed by atoms with Crippen molar-refractivity contribution in [2.45, 2.75) is 26.3 Å². The van der Waals surface area contributed by atoms with E-state index in [-0.39, 0.29) is 24.0 Å². The number of nitrogens with zero attached hydrogens (tertiary/aromatic N) is 4. The zero-order chi connectivity index (χ0) is 20.4. The molecule has 0 fully saturated rings. The molecule has 0 radical (unpaired) electrons.